The Labute approximate surface area is 178 Å². The van der Waals surface area contributed by atoms with E-state index in [0.717, 1.165) is 0 Å². The van der Waals surface area contributed by atoms with Crippen LogP contribution >= 0.6 is 0 Å². The summed E-state index contributed by atoms with van der Waals surface area (Å²) in [4.78, 5) is 22.9. The highest BCUT2D eigenvalue weighted by molar-refractivity contribution is 6.42. The maximum atomic E-state index is 15.1. The molecule has 0 aliphatic carbocycles. The molecule has 0 fully saturated rings. The first-order chi connectivity index (χ1) is 14.8. The highest BCUT2D eigenvalue weighted by Crippen LogP contribution is 2.36. The van der Waals surface area contributed by atoms with Crippen molar-refractivity contribution >= 4 is 32.6 Å². The second-order valence-electron chi connectivity index (χ2n) is 8.17. The number of carbonyl (C=O) groups is 1. The number of rotatable bonds is 3. The molecule has 1 amide bonds. The summed E-state index contributed by atoms with van der Waals surface area (Å²) in [6.45, 7) is -0.196. The highest BCUT2D eigenvalue weighted by Gasteiger charge is 2.44. The number of carbonyl (C=O) groups excluding carboxylic acids is 1. The minimum absolute atomic E-state index is 0.158. The van der Waals surface area contributed by atoms with Gasteiger partial charge in [0.1, 0.15) is 27.3 Å². The number of halogens is 2. The van der Waals surface area contributed by atoms with Gasteiger partial charge < -0.3 is 4.90 Å². The summed E-state index contributed by atoms with van der Waals surface area (Å²) in [5, 5.41) is 4.17. The molecule has 0 N–H and O–H groups in total. The zero-order chi connectivity index (χ0) is 21.9. The normalized spacial score (nSPS) is 14.9. The first-order valence-electron chi connectivity index (χ1n) is 9.81. The van der Waals surface area contributed by atoms with E-state index in [1.807, 2.05) is 15.7 Å². The fourth-order valence-corrected chi connectivity index (χ4v) is 4.22. The number of aryl methyl sites for hydroxylation is 1. The molecule has 5 rings (SSSR count). The van der Waals surface area contributed by atoms with Gasteiger partial charge in [0.15, 0.2) is 5.65 Å². The predicted molar refractivity (Wildman–Crippen MR) is 117 cm³/mol. The van der Waals surface area contributed by atoms with Gasteiger partial charge >= 0.3 is 0 Å². The Balaban J connectivity index is 1.55. The van der Waals surface area contributed by atoms with Gasteiger partial charge in [-0.15, -0.1) is 0 Å². The van der Waals surface area contributed by atoms with E-state index in [-0.39, 0.29) is 18.0 Å². The molecule has 4 aromatic rings. The third-order valence-corrected chi connectivity index (χ3v) is 5.84. The van der Waals surface area contributed by atoms with Gasteiger partial charge in [-0.2, -0.15) is 5.10 Å². The molecule has 0 atom stereocenters. The first-order valence-corrected chi connectivity index (χ1v) is 9.81. The van der Waals surface area contributed by atoms with Crippen LogP contribution < -0.4 is 0 Å². The quantitative estimate of drug-likeness (QED) is 0.474. The van der Waals surface area contributed by atoms with E-state index < -0.39 is 17.0 Å². The lowest BCUT2D eigenvalue weighted by Gasteiger charge is -2.32. The minimum atomic E-state index is -0.780. The summed E-state index contributed by atoms with van der Waals surface area (Å²) in [5.74, 6) is -1.71. The molecule has 31 heavy (non-hydrogen) atoms. The van der Waals surface area contributed by atoms with E-state index >= 15 is 8.78 Å². The van der Waals surface area contributed by atoms with Gasteiger partial charge in [0.05, 0.1) is 17.8 Å². The zero-order valence-corrected chi connectivity index (χ0v) is 17.2. The van der Waals surface area contributed by atoms with Gasteiger partial charge in [-0.05, 0) is 41.5 Å². The third-order valence-electron chi connectivity index (χ3n) is 5.84. The molecule has 0 saturated carbocycles. The number of pyridine rings is 2. The van der Waals surface area contributed by atoms with Crippen LogP contribution in [-0.2, 0) is 18.9 Å². The molecule has 0 bridgehead atoms. The second kappa shape index (κ2) is 6.73. The van der Waals surface area contributed by atoms with Crippen LogP contribution in [0.4, 0.5) is 8.78 Å². The van der Waals surface area contributed by atoms with Crippen molar-refractivity contribution in [1.29, 1.82) is 0 Å². The fraction of sp³-hybridized carbons (Fsp3) is 0.143. The van der Waals surface area contributed by atoms with Crippen LogP contribution in [0, 0.1) is 11.6 Å². The smallest absolute Gasteiger partial charge is 0.255 e. The Morgan fingerprint density at radius 1 is 1.06 bits per heavy atom. The molecule has 4 heterocycles. The molecule has 10 heteroatoms. The van der Waals surface area contributed by atoms with Gasteiger partial charge in [-0.1, -0.05) is 0 Å². The number of fused-ring (bicyclic) bond motifs is 2. The Bertz CT molecular complexity index is 1350. The molecular formula is C21H17B2F2N5O. The number of hydrogen-bond donors (Lipinski definition) is 0. The minimum Gasteiger partial charge on any atom is -0.339 e. The molecule has 6 nitrogen and oxygen atoms in total. The maximum Gasteiger partial charge on any atom is 0.255 e. The molecule has 1 aliphatic rings. The first kappa shape index (κ1) is 19.4. The Morgan fingerprint density at radius 2 is 1.81 bits per heavy atom. The second-order valence-corrected chi connectivity index (χ2v) is 8.17. The Kier molecular flexibility index (Phi) is 4.22. The zero-order valence-electron chi connectivity index (χ0n) is 17.2. The van der Waals surface area contributed by atoms with Crippen LogP contribution in [-0.4, -0.2) is 46.2 Å². The number of nitrogens with zero attached hydrogens (tertiary/aromatic N) is 5. The maximum absolute atomic E-state index is 15.1. The van der Waals surface area contributed by atoms with Crippen LogP contribution in [0.1, 0.15) is 21.6 Å². The van der Waals surface area contributed by atoms with Crippen molar-refractivity contribution in [3.8, 4) is 11.1 Å². The monoisotopic (exact) mass is 415 g/mol. The largest absolute Gasteiger partial charge is 0.339 e. The number of amides is 1. The van der Waals surface area contributed by atoms with Crippen LogP contribution in [0.25, 0.3) is 22.2 Å². The van der Waals surface area contributed by atoms with E-state index in [2.05, 4.69) is 15.1 Å². The van der Waals surface area contributed by atoms with E-state index in [1.54, 1.807) is 48.5 Å². The van der Waals surface area contributed by atoms with E-state index in [0.29, 0.717) is 33.4 Å². The van der Waals surface area contributed by atoms with Crippen LogP contribution in [0.2, 0.25) is 0 Å². The van der Waals surface area contributed by atoms with Gasteiger partial charge in [-0.3, -0.25) is 14.5 Å². The van der Waals surface area contributed by atoms with Crippen molar-refractivity contribution in [1.82, 2.24) is 24.6 Å². The number of hydrogen-bond acceptors (Lipinski definition) is 4. The van der Waals surface area contributed by atoms with Crippen molar-refractivity contribution in [3.05, 3.63) is 77.4 Å². The molecule has 1 aromatic carbocycles. The number of aromatic nitrogens is 4. The SMILES string of the molecule is BC1(B)c2ncccc2C(=O)N1Cc1c(F)cc(-c2ccnc3nn(C)cc23)cc1F. The van der Waals surface area contributed by atoms with Crippen molar-refractivity contribution < 1.29 is 13.6 Å². The van der Waals surface area contributed by atoms with Crippen LogP contribution in [0.3, 0.4) is 0 Å². The van der Waals surface area contributed by atoms with Crippen molar-refractivity contribution in [2.24, 2.45) is 7.05 Å². The number of benzene rings is 1. The molecule has 3 aromatic heterocycles. The Morgan fingerprint density at radius 3 is 2.52 bits per heavy atom. The van der Waals surface area contributed by atoms with E-state index in [9.17, 15) is 4.79 Å². The summed E-state index contributed by atoms with van der Waals surface area (Å²) < 4.78 is 31.9. The molecule has 0 radical (unpaired) electrons. The average Bonchev–Trinajstić information content (AvgIpc) is 3.20. The molecule has 0 unspecified atom stereocenters. The highest BCUT2D eigenvalue weighted by atomic mass is 19.1. The van der Waals surface area contributed by atoms with Crippen molar-refractivity contribution in [2.75, 3.05) is 0 Å². The van der Waals surface area contributed by atoms with E-state index in [4.69, 9.17) is 0 Å². The van der Waals surface area contributed by atoms with E-state index in [1.165, 1.54) is 17.0 Å². The summed E-state index contributed by atoms with van der Waals surface area (Å²) in [6, 6.07) is 7.65. The third kappa shape index (κ3) is 2.93. The fourth-order valence-electron chi connectivity index (χ4n) is 4.22. The standard InChI is InChI=1S/C21H17B2F2N5O/c1-29-9-14-12(4-6-27-19(14)28-29)11-7-16(24)15(17(25)8-11)10-30-20(31)13-3-2-5-26-18(13)21(30,22)23/h2-9H,10,22-23H2,1H3. The molecule has 1 aliphatic heterocycles. The summed E-state index contributed by atoms with van der Waals surface area (Å²) in [5.41, 5.74) is 2.43. The van der Waals surface area contributed by atoms with Crippen LogP contribution in [0.5, 0.6) is 0 Å². The molecule has 152 valence electrons. The molecule has 0 saturated heterocycles. The van der Waals surface area contributed by atoms with Gasteiger partial charge in [0.2, 0.25) is 0 Å². The topological polar surface area (TPSA) is 63.9 Å². The van der Waals surface area contributed by atoms with Crippen molar-refractivity contribution in [3.63, 3.8) is 0 Å². The average molecular weight is 415 g/mol. The Hall–Kier alpha value is -3.55. The summed E-state index contributed by atoms with van der Waals surface area (Å²) in [7, 11) is 5.41. The molecular weight excluding hydrogens is 398 g/mol. The lowest BCUT2D eigenvalue weighted by atomic mass is 9.59. The van der Waals surface area contributed by atoms with Crippen LogP contribution in [0.15, 0.2) is 48.9 Å². The predicted octanol–water partition coefficient (Wildman–Crippen LogP) is 1.34. The summed E-state index contributed by atoms with van der Waals surface area (Å²) in [6.07, 6.45) is 4.93. The lowest BCUT2D eigenvalue weighted by Crippen LogP contribution is -2.45. The molecule has 0 spiro atoms. The van der Waals surface area contributed by atoms with Gasteiger partial charge in [-0.25, -0.2) is 13.8 Å². The lowest BCUT2D eigenvalue weighted by molar-refractivity contribution is 0.0727. The van der Waals surface area contributed by atoms with Gasteiger partial charge in [0, 0.05) is 41.9 Å². The van der Waals surface area contributed by atoms with Crippen molar-refractivity contribution in [2.45, 2.75) is 11.9 Å². The summed E-state index contributed by atoms with van der Waals surface area (Å²) >= 11 is 0. The van der Waals surface area contributed by atoms with Gasteiger partial charge in [0.25, 0.3) is 5.91 Å².